The lowest BCUT2D eigenvalue weighted by atomic mass is 10.1. The first-order valence-electron chi connectivity index (χ1n) is 8.04. The van der Waals surface area contributed by atoms with Gasteiger partial charge in [0.1, 0.15) is 16.5 Å². The van der Waals surface area contributed by atoms with Gasteiger partial charge in [0.25, 0.3) is 10.0 Å². The molecule has 0 aliphatic heterocycles. The first-order chi connectivity index (χ1) is 13.7. The molecule has 0 saturated heterocycles. The van der Waals surface area contributed by atoms with Crippen molar-refractivity contribution in [2.24, 2.45) is 0 Å². The normalized spacial score (nSPS) is 12.4. The number of sulfonamides is 1. The van der Waals surface area contributed by atoms with Crippen LogP contribution in [0.15, 0.2) is 52.3 Å². The van der Waals surface area contributed by atoms with E-state index in [-0.39, 0.29) is 21.0 Å². The fraction of sp³-hybridized carbons (Fsp3) is 0.118. The molecule has 8 nitrogen and oxygen atoms in total. The van der Waals surface area contributed by atoms with Gasteiger partial charge in [-0.2, -0.15) is 0 Å². The average molecular weight is 457 g/mol. The molecule has 2 N–H and O–H groups in total. The van der Waals surface area contributed by atoms with Gasteiger partial charge in [0.05, 0.1) is 16.6 Å². The van der Waals surface area contributed by atoms with E-state index in [2.05, 4.69) is 15.3 Å². The fourth-order valence-corrected chi connectivity index (χ4v) is 4.60. The van der Waals surface area contributed by atoms with Gasteiger partial charge in [-0.3, -0.25) is 0 Å². The topological polar surface area (TPSA) is 112 Å². The Bertz CT molecular complexity index is 1140. The van der Waals surface area contributed by atoms with Gasteiger partial charge in [-0.1, -0.05) is 29.8 Å². The SMILES string of the molecule is CC(Nc1ncc(S(=O)(=O)N(C(=O)O)c2cscn2)cc1Cl)c1ccccc1F. The van der Waals surface area contributed by atoms with Gasteiger partial charge in [-0.25, -0.2) is 27.6 Å². The second kappa shape index (κ2) is 8.31. The van der Waals surface area contributed by atoms with Crippen LogP contribution in [0.5, 0.6) is 0 Å². The number of nitrogens with zero attached hydrogens (tertiary/aromatic N) is 3. The van der Waals surface area contributed by atoms with Crippen molar-refractivity contribution in [3.05, 3.63) is 63.8 Å². The highest BCUT2D eigenvalue weighted by atomic mass is 35.5. The van der Waals surface area contributed by atoms with Crippen molar-refractivity contribution in [3.8, 4) is 0 Å². The largest absolute Gasteiger partial charge is 0.464 e. The number of benzene rings is 1. The Morgan fingerprint density at radius 2 is 2.07 bits per heavy atom. The molecule has 0 saturated carbocycles. The molecule has 2 heterocycles. The highest BCUT2D eigenvalue weighted by Gasteiger charge is 2.33. The van der Waals surface area contributed by atoms with E-state index in [0.29, 0.717) is 5.56 Å². The van der Waals surface area contributed by atoms with Crippen LogP contribution in [0, 0.1) is 5.82 Å². The molecular formula is C17H14ClFN4O4S2. The van der Waals surface area contributed by atoms with Crippen molar-refractivity contribution in [3.63, 3.8) is 0 Å². The van der Waals surface area contributed by atoms with E-state index in [1.165, 1.54) is 17.0 Å². The molecule has 1 amide bonds. The molecule has 3 aromatic rings. The Kier molecular flexibility index (Phi) is 6.01. The van der Waals surface area contributed by atoms with Crippen LogP contribution < -0.4 is 9.62 Å². The summed E-state index contributed by atoms with van der Waals surface area (Å²) in [6.45, 7) is 1.69. The molecule has 29 heavy (non-hydrogen) atoms. The number of rotatable bonds is 6. The lowest BCUT2D eigenvalue weighted by Crippen LogP contribution is -2.36. The lowest BCUT2D eigenvalue weighted by Gasteiger charge is -2.19. The molecular weight excluding hydrogens is 443 g/mol. The zero-order valence-electron chi connectivity index (χ0n) is 14.8. The van der Waals surface area contributed by atoms with Crippen LogP contribution in [0.1, 0.15) is 18.5 Å². The van der Waals surface area contributed by atoms with Gasteiger partial charge in [0, 0.05) is 17.1 Å². The number of amides is 1. The van der Waals surface area contributed by atoms with Crippen molar-refractivity contribution in [1.29, 1.82) is 0 Å². The molecule has 152 valence electrons. The van der Waals surface area contributed by atoms with Crippen LogP contribution >= 0.6 is 22.9 Å². The van der Waals surface area contributed by atoms with E-state index in [4.69, 9.17) is 11.6 Å². The number of aromatic nitrogens is 2. The van der Waals surface area contributed by atoms with Gasteiger partial charge in [-0.15, -0.1) is 15.6 Å². The van der Waals surface area contributed by atoms with Gasteiger partial charge in [0.15, 0.2) is 5.82 Å². The van der Waals surface area contributed by atoms with Crippen LogP contribution in [-0.2, 0) is 10.0 Å². The molecule has 1 aromatic carbocycles. The smallest absolute Gasteiger partial charge is 0.427 e. The Morgan fingerprint density at radius 1 is 1.34 bits per heavy atom. The zero-order valence-corrected chi connectivity index (χ0v) is 17.2. The highest BCUT2D eigenvalue weighted by molar-refractivity contribution is 7.93. The summed E-state index contributed by atoms with van der Waals surface area (Å²) < 4.78 is 39.6. The van der Waals surface area contributed by atoms with Crippen LogP contribution in [0.25, 0.3) is 0 Å². The predicted molar refractivity (Wildman–Crippen MR) is 107 cm³/mol. The molecule has 1 unspecified atom stereocenters. The maximum absolute atomic E-state index is 13.9. The Morgan fingerprint density at radius 3 is 2.66 bits per heavy atom. The number of carbonyl (C=O) groups is 1. The number of nitrogens with one attached hydrogen (secondary N) is 1. The molecule has 2 aromatic heterocycles. The minimum absolute atomic E-state index is 0.0714. The van der Waals surface area contributed by atoms with E-state index >= 15 is 0 Å². The number of carboxylic acid groups (broad SMARTS) is 1. The molecule has 1 atom stereocenters. The van der Waals surface area contributed by atoms with Gasteiger partial charge < -0.3 is 10.4 Å². The third-order valence-corrected chi connectivity index (χ3v) is 6.39. The van der Waals surface area contributed by atoms with E-state index in [1.807, 2.05) is 0 Å². The third-order valence-electron chi connectivity index (χ3n) is 3.88. The summed E-state index contributed by atoms with van der Waals surface area (Å²) in [6, 6.07) is 6.72. The summed E-state index contributed by atoms with van der Waals surface area (Å²) in [5, 5.41) is 13.5. The monoisotopic (exact) mass is 456 g/mol. The van der Waals surface area contributed by atoms with Gasteiger partial charge in [0.2, 0.25) is 0 Å². The van der Waals surface area contributed by atoms with Gasteiger partial charge >= 0.3 is 6.09 Å². The van der Waals surface area contributed by atoms with Crippen LogP contribution in [0.3, 0.4) is 0 Å². The molecule has 0 fully saturated rings. The van der Waals surface area contributed by atoms with Gasteiger partial charge in [-0.05, 0) is 19.1 Å². The Balaban J connectivity index is 1.91. The molecule has 3 rings (SSSR count). The van der Waals surface area contributed by atoms with Crippen molar-refractivity contribution < 1.29 is 22.7 Å². The van der Waals surface area contributed by atoms with Crippen molar-refractivity contribution in [2.75, 3.05) is 9.62 Å². The average Bonchev–Trinajstić information content (AvgIpc) is 3.17. The number of thiazole rings is 1. The molecule has 0 aliphatic rings. The summed E-state index contributed by atoms with van der Waals surface area (Å²) in [6.07, 6.45) is -0.748. The van der Waals surface area contributed by atoms with Crippen LogP contribution in [0.4, 0.5) is 20.8 Å². The maximum Gasteiger partial charge on any atom is 0.427 e. The molecule has 0 radical (unpaired) electrons. The van der Waals surface area contributed by atoms with E-state index < -0.39 is 32.9 Å². The maximum atomic E-state index is 13.9. The summed E-state index contributed by atoms with van der Waals surface area (Å²) in [7, 11) is -4.51. The second-order valence-electron chi connectivity index (χ2n) is 5.79. The quantitative estimate of drug-likeness (QED) is 0.566. The molecule has 0 bridgehead atoms. The number of hydrogen-bond donors (Lipinski definition) is 2. The molecule has 0 aliphatic carbocycles. The van der Waals surface area contributed by atoms with Crippen LogP contribution in [-0.4, -0.2) is 29.6 Å². The summed E-state index contributed by atoms with van der Waals surface area (Å²) >= 11 is 7.20. The van der Waals surface area contributed by atoms with Crippen molar-refractivity contribution in [2.45, 2.75) is 17.9 Å². The number of anilines is 2. The Hall–Kier alpha value is -2.76. The zero-order chi connectivity index (χ0) is 21.2. The number of hydrogen-bond acceptors (Lipinski definition) is 7. The standard InChI is InChI=1S/C17H14ClFN4O4S2/c1-10(12-4-2-3-5-14(12)19)22-16-13(18)6-11(7-20-16)29(26,27)23(17(24)25)15-8-28-9-21-15/h2-10H,1H3,(H,20,22)(H,24,25). The Labute approximate surface area is 174 Å². The van der Waals surface area contributed by atoms with Crippen molar-refractivity contribution >= 4 is 50.7 Å². The van der Waals surface area contributed by atoms with Crippen molar-refractivity contribution in [1.82, 2.24) is 9.97 Å². The summed E-state index contributed by atoms with van der Waals surface area (Å²) in [5.41, 5.74) is 1.69. The summed E-state index contributed by atoms with van der Waals surface area (Å²) in [4.78, 5) is 18.8. The summed E-state index contributed by atoms with van der Waals surface area (Å²) in [5.74, 6) is -0.547. The van der Waals surface area contributed by atoms with Crippen LogP contribution in [0.2, 0.25) is 5.02 Å². The minimum atomic E-state index is -4.51. The minimum Gasteiger partial charge on any atom is -0.464 e. The second-order valence-corrected chi connectivity index (χ2v) is 8.70. The number of halogens is 2. The lowest BCUT2D eigenvalue weighted by molar-refractivity contribution is 0.206. The van der Waals surface area contributed by atoms with E-state index in [0.717, 1.165) is 23.6 Å². The first kappa shape index (κ1) is 21.0. The fourth-order valence-electron chi connectivity index (χ4n) is 2.51. The third kappa shape index (κ3) is 4.31. The molecule has 0 spiro atoms. The number of pyridine rings is 1. The first-order valence-corrected chi connectivity index (χ1v) is 10.8. The van der Waals surface area contributed by atoms with E-state index in [9.17, 15) is 22.7 Å². The predicted octanol–water partition coefficient (Wildman–Crippen LogP) is 4.38. The highest BCUT2D eigenvalue weighted by Crippen LogP contribution is 2.30. The van der Waals surface area contributed by atoms with E-state index in [1.54, 1.807) is 25.1 Å². The molecule has 12 heteroatoms.